The fraction of sp³-hybridized carbons (Fsp3) is 0.250. The van der Waals surface area contributed by atoms with Gasteiger partial charge in [0.25, 0.3) is 0 Å². The third-order valence-electron chi connectivity index (χ3n) is 5.85. The van der Waals surface area contributed by atoms with Gasteiger partial charge in [0, 0.05) is 19.5 Å². The number of ether oxygens (including phenoxy) is 2. The first-order valence-corrected chi connectivity index (χ1v) is 11.6. The van der Waals surface area contributed by atoms with Gasteiger partial charge in [0.15, 0.2) is 6.73 Å². The number of cyclic esters (lactones) is 1. The van der Waals surface area contributed by atoms with Crippen molar-refractivity contribution in [3.63, 3.8) is 0 Å². The molecule has 2 amide bonds. The van der Waals surface area contributed by atoms with Crippen LogP contribution in [0.3, 0.4) is 0 Å². The highest BCUT2D eigenvalue weighted by atomic mass is 16.6. The van der Waals surface area contributed by atoms with Gasteiger partial charge in [0.2, 0.25) is 5.91 Å². The Morgan fingerprint density at radius 1 is 0.829 bits per heavy atom. The van der Waals surface area contributed by atoms with Crippen LogP contribution in [0.2, 0.25) is 0 Å². The van der Waals surface area contributed by atoms with Crippen LogP contribution in [0.15, 0.2) is 91.0 Å². The zero-order chi connectivity index (χ0) is 24.5. The van der Waals surface area contributed by atoms with Gasteiger partial charge in [-0.05, 0) is 23.1 Å². The maximum atomic E-state index is 13.2. The Morgan fingerprint density at radius 2 is 1.34 bits per heavy atom. The second-order valence-corrected chi connectivity index (χ2v) is 8.38. The van der Waals surface area contributed by atoms with Crippen LogP contribution < -0.4 is 0 Å². The molecule has 0 bridgehead atoms. The number of carbonyl (C=O) groups is 3. The smallest absolute Gasteiger partial charge is 0.413 e. The average Bonchev–Trinajstić information content (AvgIpc) is 3.27. The molecule has 180 valence electrons. The van der Waals surface area contributed by atoms with Crippen molar-refractivity contribution in [3.05, 3.63) is 108 Å². The zero-order valence-corrected chi connectivity index (χ0v) is 19.4. The van der Waals surface area contributed by atoms with E-state index in [1.807, 2.05) is 91.0 Å². The van der Waals surface area contributed by atoms with E-state index >= 15 is 0 Å². The van der Waals surface area contributed by atoms with Crippen LogP contribution in [0.25, 0.3) is 0 Å². The molecule has 0 saturated carbocycles. The lowest BCUT2D eigenvalue weighted by Crippen LogP contribution is -2.39. The van der Waals surface area contributed by atoms with Crippen molar-refractivity contribution in [1.82, 2.24) is 9.80 Å². The molecular weight excluding hydrogens is 444 g/mol. The predicted molar refractivity (Wildman–Crippen MR) is 130 cm³/mol. The van der Waals surface area contributed by atoms with Crippen LogP contribution in [0.1, 0.15) is 29.5 Å². The standard InChI is InChI=1S/C28H28N2O5/c31-26(29(18-22-10-4-1-5-11-22)19-23-12-6-2-7-13-23)17-16-25-27(32)35-21-30(25)28(33)34-20-24-14-8-3-9-15-24/h1-15,25H,16-21H2. The lowest BCUT2D eigenvalue weighted by molar-refractivity contribution is -0.139. The molecule has 35 heavy (non-hydrogen) atoms. The van der Waals surface area contributed by atoms with E-state index in [9.17, 15) is 14.4 Å². The fourth-order valence-corrected chi connectivity index (χ4v) is 3.96. The van der Waals surface area contributed by atoms with Gasteiger partial charge in [-0.15, -0.1) is 0 Å². The number of hydrogen-bond acceptors (Lipinski definition) is 5. The first-order chi connectivity index (χ1) is 17.1. The molecule has 7 nitrogen and oxygen atoms in total. The van der Waals surface area contributed by atoms with Crippen LogP contribution in [0, 0.1) is 0 Å². The molecule has 4 rings (SSSR count). The highest BCUT2D eigenvalue weighted by Crippen LogP contribution is 2.20. The van der Waals surface area contributed by atoms with E-state index in [0.717, 1.165) is 16.7 Å². The van der Waals surface area contributed by atoms with E-state index in [0.29, 0.717) is 13.1 Å². The van der Waals surface area contributed by atoms with E-state index in [-0.39, 0.29) is 32.1 Å². The van der Waals surface area contributed by atoms with Crippen LogP contribution in [0.5, 0.6) is 0 Å². The summed E-state index contributed by atoms with van der Waals surface area (Å²) >= 11 is 0. The second kappa shape index (κ2) is 11.8. The van der Waals surface area contributed by atoms with Gasteiger partial charge in [-0.2, -0.15) is 0 Å². The Hall–Kier alpha value is -4.13. The molecule has 1 fully saturated rings. The number of benzene rings is 3. The number of nitrogens with zero attached hydrogens (tertiary/aromatic N) is 2. The number of amides is 2. The summed E-state index contributed by atoms with van der Waals surface area (Å²) in [5.41, 5.74) is 2.88. The number of hydrogen-bond donors (Lipinski definition) is 0. The molecule has 1 atom stereocenters. The molecule has 1 unspecified atom stereocenters. The van der Waals surface area contributed by atoms with Crippen molar-refractivity contribution >= 4 is 18.0 Å². The monoisotopic (exact) mass is 472 g/mol. The van der Waals surface area contributed by atoms with Gasteiger partial charge >= 0.3 is 12.1 Å². The van der Waals surface area contributed by atoms with Crippen LogP contribution >= 0.6 is 0 Å². The van der Waals surface area contributed by atoms with Crippen molar-refractivity contribution in [2.45, 2.75) is 38.6 Å². The van der Waals surface area contributed by atoms with E-state index in [4.69, 9.17) is 9.47 Å². The van der Waals surface area contributed by atoms with E-state index in [1.165, 1.54) is 4.90 Å². The quantitative estimate of drug-likeness (QED) is 0.428. The first kappa shape index (κ1) is 24.0. The van der Waals surface area contributed by atoms with Crippen LogP contribution in [-0.2, 0) is 38.8 Å². The number of rotatable bonds is 9. The van der Waals surface area contributed by atoms with E-state index in [1.54, 1.807) is 4.90 Å². The lowest BCUT2D eigenvalue weighted by Gasteiger charge is -2.25. The van der Waals surface area contributed by atoms with Gasteiger partial charge in [-0.3, -0.25) is 9.69 Å². The average molecular weight is 473 g/mol. The molecule has 3 aromatic carbocycles. The molecule has 1 aliphatic heterocycles. The minimum atomic E-state index is -0.850. The number of carbonyl (C=O) groups excluding carboxylic acids is 3. The second-order valence-electron chi connectivity index (χ2n) is 8.38. The summed E-state index contributed by atoms with van der Waals surface area (Å²) in [6, 6.07) is 28.0. The summed E-state index contributed by atoms with van der Waals surface area (Å²) in [7, 11) is 0. The molecule has 0 N–H and O–H groups in total. The Morgan fingerprint density at radius 3 is 1.89 bits per heavy atom. The molecule has 0 aliphatic carbocycles. The van der Waals surface area contributed by atoms with E-state index < -0.39 is 18.1 Å². The topological polar surface area (TPSA) is 76.1 Å². The van der Waals surface area contributed by atoms with Crippen molar-refractivity contribution in [2.75, 3.05) is 6.73 Å². The van der Waals surface area contributed by atoms with E-state index in [2.05, 4.69) is 0 Å². The Kier molecular flexibility index (Phi) is 8.12. The minimum Gasteiger partial charge on any atom is -0.444 e. The third-order valence-corrected chi connectivity index (χ3v) is 5.85. The summed E-state index contributed by atoms with van der Waals surface area (Å²) < 4.78 is 10.5. The first-order valence-electron chi connectivity index (χ1n) is 11.6. The Balaban J connectivity index is 1.38. The molecule has 1 aliphatic rings. The summed E-state index contributed by atoms with van der Waals surface area (Å²) in [6.45, 7) is 0.819. The van der Waals surface area contributed by atoms with Crippen molar-refractivity contribution in [2.24, 2.45) is 0 Å². The van der Waals surface area contributed by atoms with Gasteiger partial charge in [0.05, 0.1) is 0 Å². The van der Waals surface area contributed by atoms with Gasteiger partial charge in [-0.1, -0.05) is 91.0 Å². The van der Waals surface area contributed by atoms with Crippen molar-refractivity contribution in [1.29, 1.82) is 0 Å². The molecule has 3 aromatic rings. The van der Waals surface area contributed by atoms with Crippen molar-refractivity contribution in [3.8, 4) is 0 Å². The highest BCUT2D eigenvalue weighted by molar-refractivity contribution is 5.85. The highest BCUT2D eigenvalue weighted by Gasteiger charge is 2.39. The molecule has 0 radical (unpaired) electrons. The molecule has 0 aromatic heterocycles. The van der Waals surface area contributed by atoms with Crippen LogP contribution in [-0.4, -0.2) is 40.5 Å². The summed E-state index contributed by atoms with van der Waals surface area (Å²) in [5.74, 6) is -0.623. The molecular formula is C28H28N2O5. The zero-order valence-electron chi connectivity index (χ0n) is 19.4. The molecule has 0 spiro atoms. The summed E-state index contributed by atoms with van der Waals surface area (Å²) in [4.78, 5) is 41.2. The number of esters is 1. The van der Waals surface area contributed by atoms with Gasteiger partial charge < -0.3 is 14.4 Å². The molecule has 1 saturated heterocycles. The van der Waals surface area contributed by atoms with Gasteiger partial charge in [0.1, 0.15) is 12.6 Å². The summed E-state index contributed by atoms with van der Waals surface area (Å²) in [5, 5.41) is 0. The van der Waals surface area contributed by atoms with Crippen molar-refractivity contribution < 1.29 is 23.9 Å². The normalized spacial score (nSPS) is 14.9. The molecule has 7 heteroatoms. The van der Waals surface area contributed by atoms with Crippen LogP contribution in [0.4, 0.5) is 4.79 Å². The fourth-order valence-electron chi connectivity index (χ4n) is 3.96. The lowest BCUT2D eigenvalue weighted by atomic mass is 10.1. The Labute approximate surface area is 204 Å². The van der Waals surface area contributed by atoms with Gasteiger partial charge in [-0.25, -0.2) is 9.59 Å². The maximum Gasteiger partial charge on any atom is 0.413 e. The largest absolute Gasteiger partial charge is 0.444 e. The Bertz CT molecular complexity index is 1080. The molecule has 1 heterocycles. The SMILES string of the molecule is O=C1OCN(C(=O)OCc2ccccc2)C1CCC(=O)N(Cc1ccccc1)Cc1ccccc1. The maximum absolute atomic E-state index is 13.2. The third kappa shape index (κ3) is 6.69. The predicted octanol–water partition coefficient (Wildman–Crippen LogP) is 4.52. The summed E-state index contributed by atoms with van der Waals surface area (Å²) in [6.07, 6.45) is -0.373. The minimum absolute atomic E-state index is 0.0952.